The molecule has 0 unspecified atom stereocenters. The number of carbonyl (C=O) groups is 1. The summed E-state index contributed by atoms with van der Waals surface area (Å²) >= 11 is 0. The number of H-pyrrole nitrogens is 1. The van der Waals surface area contributed by atoms with Gasteiger partial charge in [-0.3, -0.25) is 4.79 Å². The van der Waals surface area contributed by atoms with Crippen molar-refractivity contribution >= 4 is 5.91 Å². The fourth-order valence-electron chi connectivity index (χ4n) is 0.822. The summed E-state index contributed by atoms with van der Waals surface area (Å²) in [7, 11) is 1.47. The van der Waals surface area contributed by atoms with E-state index in [1.165, 1.54) is 19.4 Å². The lowest BCUT2D eigenvalue weighted by molar-refractivity contribution is -0.498. The fraction of sp³-hybridized carbons (Fsp3) is 0.286. The van der Waals surface area contributed by atoms with Gasteiger partial charge in [0.05, 0.1) is 16.3 Å². The molecule has 0 aliphatic rings. The van der Waals surface area contributed by atoms with Crippen LogP contribution in [0.3, 0.4) is 0 Å². The summed E-state index contributed by atoms with van der Waals surface area (Å²) in [6.45, 7) is 1.74. The zero-order valence-corrected chi connectivity index (χ0v) is 6.92. The van der Waals surface area contributed by atoms with Gasteiger partial charge in [-0.05, 0) is 6.92 Å². The maximum absolute atomic E-state index is 11.1. The van der Waals surface area contributed by atoms with Crippen molar-refractivity contribution in [2.45, 2.75) is 6.92 Å². The van der Waals surface area contributed by atoms with Gasteiger partial charge < -0.3 is 10.3 Å². The lowest BCUT2D eigenvalue weighted by atomic mass is 10.4. The number of carbonyl (C=O) groups excluding carboxylic acids is 1. The largest absolute Gasteiger partial charge is 0.354 e. The van der Waals surface area contributed by atoms with Gasteiger partial charge in [0.2, 0.25) is 6.20 Å². The summed E-state index contributed by atoms with van der Waals surface area (Å²) < 4.78 is 0.532. The first-order valence-corrected chi connectivity index (χ1v) is 3.48. The van der Waals surface area contributed by atoms with E-state index < -0.39 is 5.91 Å². The van der Waals surface area contributed by atoms with Gasteiger partial charge in [0.25, 0.3) is 0 Å². The van der Waals surface area contributed by atoms with Crippen molar-refractivity contribution in [1.82, 2.24) is 10.3 Å². The van der Waals surface area contributed by atoms with E-state index in [4.69, 9.17) is 0 Å². The lowest BCUT2D eigenvalue weighted by Gasteiger charge is -1.90. The molecule has 0 atom stereocenters. The quantitative estimate of drug-likeness (QED) is 0.560. The van der Waals surface area contributed by atoms with Crippen LogP contribution in [0.2, 0.25) is 0 Å². The van der Waals surface area contributed by atoms with E-state index in [1.807, 2.05) is 0 Å². The number of aromatic amines is 1. The Morgan fingerprint density at radius 3 is 2.83 bits per heavy atom. The number of amides is 1. The number of hydrogen-bond acceptors (Lipinski definition) is 2. The fourth-order valence-corrected chi connectivity index (χ4v) is 0.822. The Kier molecular flexibility index (Phi) is 2.23. The zero-order chi connectivity index (χ0) is 9.14. The topological polar surface area (TPSA) is 67.9 Å². The maximum atomic E-state index is 11.1. The Bertz CT molecular complexity index is 356. The molecule has 0 radical (unpaired) electrons. The highest BCUT2D eigenvalue weighted by Crippen LogP contribution is 1.88. The first-order valence-electron chi connectivity index (χ1n) is 3.48. The summed E-state index contributed by atoms with van der Waals surface area (Å²) in [6, 6.07) is 0. The van der Waals surface area contributed by atoms with E-state index >= 15 is 0 Å². The van der Waals surface area contributed by atoms with Crippen molar-refractivity contribution in [3.8, 4) is 0 Å². The number of aryl methyl sites for hydroxylation is 1. The van der Waals surface area contributed by atoms with Crippen LogP contribution >= 0.6 is 0 Å². The van der Waals surface area contributed by atoms with E-state index in [-0.39, 0.29) is 5.69 Å². The molecule has 5 nitrogen and oxygen atoms in total. The summed E-state index contributed by atoms with van der Waals surface area (Å²) in [5.41, 5.74) is 0.765. The summed E-state index contributed by atoms with van der Waals surface area (Å²) in [4.78, 5) is 24.8. The lowest BCUT2D eigenvalue weighted by Crippen LogP contribution is -2.31. The predicted molar refractivity (Wildman–Crippen MR) is 42.3 cm³/mol. The van der Waals surface area contributed by atoms with Gasteiger partial charge in [-0.1, -0.05) is 0 Å². The molecule has 0 spiro atoms. The first-order chi connectivity index (χ1) is 5.65. The Morgan fingerprint density at radius 1 is 1.67 bits per heavy atom. The third kappa shape index (κ3) is 1.50. The normalized spacial score (nSPS) is 9.50. The molecule has 0 aliphatic heterocycles. The van der Waals surface area contributed by atoms with Crippen LogP contribution in [0.5, 0.6) is 0 Å². The Balaban J connectivity index is 3.19. The minimum absolute atomic E-state index is 0.0584. The zero-order valence-electron chi connectivity index (χ0n) is 6.92. The second-order valence-corrected chi connectivity index (χ2v) is 2.39. The van der Waals surface area contributed by atoms with Gasteiger partial charge in [0, 0.05) is 12.0 Å². The average Bonchev–Trinajstić information content (AvgIpc) is 2.03. The second-order valence-electron chi connectivity index (χ2n) is 2.39. The molecule has 0 bridgehead atoms. The molecule has 0 aliphatic carbocycles. The molecule has 2 N–H and O–H groups in total. The molecule has 0 saturated carbocycles. The Morgan fingerprint density at radius 2 is 2.33 bits per heavy atom. The molecule has 5 heteroatoms. The van der Waals surface area contributed by atoms with E-state index in [1.54, 1.807) is 6.92 Å². The average molecular weight is 168 g/mol. The highest BCUT2D eigenvalue weighted by atomic mass is 16.3. The molecule has 12 heavy (non-hydrogen) atoms. The monoisotopic (exact) mass is 168 g/mol. The van der Waals surface area contributed by atoms with Gasteiger partial charge in [0.1, 0.15) is 0 Å². The third-order valence-corrected chi connectivity index (χ3v) is 1.44. The third-order valence-electron chi connectivity index (χ3n) is 1.44. The highest BCUT2D eigenvalue weighted by Gasteiger charge is 2.16. The molecule has 0 fully saturated rings. The molecule has 64 valence electrons. The molecular weight excluding hydrogens is 158 g/mol. The number of aromatic nitrogens is 2. The molecule has 1 rings (SSSR count). The molecular formula is C7H10N3O2+. The minimum atomic E-state index is -0.402. The van der Waals surface area contributed by atoms with Crippen LogP contribution in [-0.4, -0.2) is 17.9 Å². The maximum Gasteiger partial charge on any atom is 0.342 e. The first kappa shape index (κ1) is 8.45. The van der Waals surface area contributed by atoms with Crippen LogP contribution in [0.4, 0.5) is 0 Å². The van der Waals surface area contributed by atoms with Gasteiger partial charge in [-0.2, -0.15) is 0 Å². The number of hydrogen-bond donors (Lipinski definition) is 2. The molecule has 1 aromatic rings. The van der Waals surface area contributed by atoms with Gasteiger partial charge in [0.15, 0.2) is 0 Å². The van der Waals surface area contributed by atoms with Crippen LogP contribution in [0.15, 0.2) is 12.4 Å². The second kappa shape index (κ2) is 3.17. The Labute approximate surface area is 69.0 Å². The van der Waals surface area contributed by atoms with Crippen LogP contribution < -0.4 is 9.74 Å². The summed E-state index contributed by atoms with van der Waals surface area (Å²) in [5, 5.41) is 2.36. The minimum Gasteiger partial charge on any atom is -0.354 e. The van der Waals surface area contributed by atoms with Crippen molar-refractivity contribution in [3.05, 3.63) is 28.7 Å². The van der Waals surface area contributed by atoms with Gasteiger partial charge in [-0.25, -0.2) is 0 Å². The van der Waals surface area contributed by atoms with Crippen LogP contribution in [0.1, 0.15) is 16.2 Å². The SMILES string of the molecule is CNC(=O)c1c[nH]c(C)c[n+]1=O. The smallest absolute Gasteiger partial charge is 0.342 e. The van der Waals surface area contributed by atoms with Crippen molar-refractivity contribution in [2.24, 2.45) is 0 Å². The van der Waals surface area contributed by atoms with Crippen LogP contribution in [0.25, 0.3) is 0 Å². The predicted octanol–water partition coefficient (Wildman–Crippen LogP) is -0.403. The van der Waals surface area contributed by atoms with Crippen LogP contribution in [0, 0.1) is 11.8 Å². The van der Waals surface area contributed by atoms with E-state index in [0.29, 0.717) is 10.1 Å². The molecule has 0 aromatic carbocycles. The molecule has 0 saturated heterocycles. The van der Waals surface area contributed by atoms with Gasteiger partial charge >= 0.3 is 11.6 Å². The number of nitrogens with one attached hydrogen (secondary N) is 2. The van der Waals surface area contributed by atoms with Crippen molar-refractivity contribution in [3.63, 3.8) is 0 Å². The van der Waals surface area contributed by atoms with Crippen LogP contribution in [-0.2, 0) is 0 Å². The van der Waals surface area contributed by atoms with Crippen molar-refractivity contribution in [2.75, 3.05) is 7.05 Å². The molecule has 1 amide bonds. The van der Waals surface area contributed by atoms with E-state index in [9.17, 15) is 9.70 Å². The van der Waals surface area contributed by atoms with Gasteiger partial charge in [-0.15, -0.1) is 0 Å². The Hall–Kier alpha value is -1.65. The van der Waals surface area contributed by atoms with E-state index in [0.717, 1.165) is 0 Å². The summed E-state index contributed by atoms with van der Waals surface area (Å²) in [5.74, 6) is -0.402. The standard InChI is InChI=1S/C7H9N3O2/c1-5-4-10(12)6(3-9-5)7(11)8-2/h3-4H,1-2H3,(H-,8,9,11,12)/p+1. The van der Waals surface area contributed by atoms with E-state index in [2.05, 4.69) is 10.3 Å². The highest BCUT2D eigenvalue weighted by molar-refractivity contribution is 5.90. The summed E-state index contributed by atoms with van der Waals surface area (Å²) in [6.07, 6.45) is 2.69. The van der Waals surface area contributed by atoms with Crippen molar-refractivity contribution in [1.29, 1.82) is 0 Å². The number of nitrogens with zero attached hydrogens (tertiary/aromatic N) is 1. The van der Waals surface area contributed by atoms with Crippen molar-refractivity contribution < 1.29 is 9.22 Å². The number of rotatable bonds is 1. The molecule has 1 aromatic heterocycles. The molecule has 1 heterocycles.